The lowest BCUT2D eigenvalue weighted by atomic mass is 9.73. The minimum absolute atomic E-state index is 0.131. The maximum atomic E-state index is 12.6. The molecule has 20 heavy (non-hydrogen) atoms. The van der Waals surface area contributed by atoms with E-state index in [0.29, 0.717) is 6.61 Å². The Balaban J connectivity index is 2.49. The Hall–Kier alpha value is -1.39. The van der Waals surface area contributed by atoms with Crippen molar-refractivity contribution < 1.29 is 9.53 Å². The minimum Gasteiger partial charge on any atom is -0.465 e. The SMILES string of the molecule is CCOC(=O)C1(c2nnc(C)n2C(C)C)CCCCC1. The van der Waals surface area contributed by atoms with E-state index < -0.39 is 5.41 Å². The molecule has 0 bridgehead atoms. The number of aryl methyl sites for hydroxylation is 1. The number of nitrogens with zero attached hydrogens (tertiary/aromatic N) is 3. The van der Waals surface area contributed by atoms with Crippen LogP contribution in [0.15, 0.2) is 0 Å². The summed E-state index contributed by atoms with van der Waals surface area (Å²) in [5, 5.41) is 8.55. The van der Waals surface area contributed by atoms with Crippen LogP contribution in [0.5, 0.6) is 0 Å². The van der Waals surface area contributed by atoms with Crippen LogP contribution in [0.3, 0.4) is 0 Å². The third-order valence-corrected chi connectivity index (χ3v) is 4.18. The van der Waals surface area contributed by atoms with E-state index in [4.69, 9.17) is 4.74 Å². The standard InChI is InChI=1S/C15H25N3O2/c1-5-20-14(19)15(9-7-6-8-10-15)13-17-16-12(4)18(13)11(2)3/h11H,5-10H2,1-4H3. The van der Waals surface area contributed by atoms with Gasteiger partial charge in [-0.3, -0.25) is 4.79 Å². The number of aromatic nitrogens is 3. The first-order valence-electron chi connectivity index (χ1n) is 7.62. The molecule has 0 atom stereocenters. The zero-order valence-corrected chi connectivity index (χ0v) is 13.0. The first kappa shape index (κ1) is 15.0. The Morgan fingerprint density at radius 2 is 1.95 bits per heavy atom. The van der Waals surface area contributed by atoms with Crippen molar-refractivity contribution in [1.29, 1.82) is 0 Å². The molecule has 5 heteroatoms. The molecule has 0 unspecified atom stereocenters. The van der Waals surface area contributed by atoms with Crippen LogP contribution in [-0.2, 0) is 14.9 Å². The number of esters is 1. The molecule has 0 saturated heterocycles. The van der Waals surface area contributed by atoms with E-state index in [1.54, 1.807) is 0 Å². The Kier molecular flexibility index (Phi) is 4.45. The van der Waals surface area contributed by atoms with E-state index in [9.17, 15) is 4.79 Å². The molecular weight excluding hydrogens is 254 g/mol. The van der Waals surface area contributed by atoms with Gasteiger partial charge in [-0.15, -0.1) is 10.2 Å². The van der Waals surface area contributed by atoms with Crippen molar-refractivity contribution in [3.8, 4) is 0 Å². The number of hydrogen-bond donors (Lipinski definition) is 0. The van der Waals surface area contributed by atoms with Gasteiger partial charge in [-0.25, -0.2) is 0 Å². The summed E-state index contributed by atoms with van der Waals surface area (Å²) in [6.07, 6.45) is 4.90. The molecular formula is C15H25N3O2. The van der Waals surface area contributed by atoms with E-state index in [1.807, 2.05) is 13.8 Å². The highest BCUT2D eigenvalue weighted by Crippen LogP contribution is 2.40. The van der Waals surface area contributed by atoms with Gasteiger partial charge in [0.1, 0.15) is 11.2 Å². The first-order valence-corrected chi connectivity index (χ1v) is 7.62. The number of carbonyl (C=O) groups is 1. The zero-order chi connectivity index (χ0) is 14.8. The summed E-state index contributed by atoms with van der Waals surface area (Å²) in [7, 11) is 0. The maximum absolute atomic E-state index is 12.6. The van der Waals surface area contributed by atoms with Gasteiger partial charge in [0, 0.05) is 6.04 Å². The minimum atomic E-state index is -0.597. The second kappa shape index (κ2) is 5.94. The largest absolute Gasteiger partial charge is 0.465 e. The summed E-state index contributed by atoms with van der Waals surface area (Å²) in [6.45, 7) is 8.41. The number of carbonyl (C=O) groups excluding carboxylic acids is 1. The molecule has 112 valence electrons. The van der Waals surface area contributed by atoms with Gasteiger partial charge in [0.2, 0.25) is 0 Å². The molecule has 1 aliphatic rings. The molecule has 1 fully saturated rings. The maximum Gasteiger partial charge on any atom is 0.319 e. The highest BCUT2D eigenvalue weighted by atomic mass is 16.5. The number of ether oxygens (including phenoxy) is 1. The van der Waals surface area contributed by atoms with Crippen LogP contribution >= 0.6 is 0 Å². The summed E-state index contributed by atoms with van der Waals surface area (Å²) in [4.78, 5) is 12.6. The van der Waals surface area contributed by atoms with E-state index in [0.717, 1.165) is 37.3 Å². The average Bonchev–Trinajstić information content (AvgIpc) is 2.82. The van der Waals surface area contributed by atoms with Gasteiger partial charge >= 0.3 is 5.97 Å². The van der Waals surface area contributed by atoms with Gasteiger partial charge in [0.05, 0.1) is 6.61 Å². The van der Waals surface area contributed by atoms with Crippen LogP contribution in [0, 0.1) is 6.92 Å². The summed E-state index contributed by atoms with van der Waals surface area (Å²) < 4.78 is 7.45. The van der Waals surface area contributed by atoms with Gasteiger partial charge in [-0.2, -0.15) is 0 Å². The van der Waals surface area contributed by atoms with E-state index >= 15 is 0 Å². The van der Waals surface area contributed by atoms with Crippen LogP contribution in [0.1, 0.15) is 70.6 Å². The monoisotopic (exact) mass is 279 g/mol. The van der Waals surface area contributed by atoms with E-state index in [-0.39, 0.29) is 12.0 Å². The van der Waals surface area contributed by atoms with E-state index in [2.05, 4.69) is 28.6 Å². The quantitative estimate of drug-likeness (QED) is 0.795. The summed E-state index contributed by atoms with van der Waals surface area (Å²) in [6, 6.07) is 0.244. The van der Waals surface area contributed by atoms with Crippen molar-refractivity contribution in [2.75, 3.05) is 6.61 Å². The van der Waals surface area contributed by atoms with Crippen LogP contribution in [0.4, 0.5) is 0 Å². The molecule has 2 rings (SSSR count). The molecule has 0 aromatic carbocycles. The molecule has 1 heterocycles. The molecule has 0 radical (unpaired) electrons. The molecule has 1 aromatic rings. The van der Waals surface area contributed by atoms with Crippen molar-refractivity contribution in [3.05, 3.63) is 11.6 Å². The van der Waals surface area contributed by atoms with Crippen LogP contribution in [0.2, 0.25) is 0 Å². The van der Waals surface area contributed by atoms with Gasteiger partial charge in [0.25, 0.3) is 0 Å². The highest BCUT2D eigenvalue weighted by Gasteiger charge is 2.47. The van der Waals surface area contributed by atoms with Crippen LogP contribution < -0.4 is 0 Å². The van der Waals surface area contributed by atoms with Gasteiger partial charge in [-0.1, -0.05) is 19.3 Å². The molecule has 0 N–H and O–H groups in total. The van der Waals surface area contributed by atoms with Crippen molar-refractivity contribution in [1.82, 2.24) is 14.8 Å². The Bertz CT molecular complexity index is 473. The third-order valence-electron chi connectivity index (χ3n) is 4.18. The second-order valence-corrected chi connectivity index (χ2v) is 5.90. The van der Waals surface area contributed by atoms with Gasteiger partial charge in [-0.05, 0) is 40.5 Å². The Morgan fingerprint density at radius 1 is 1.30 bits per heavy atom. The molecule has 0 aliphatic heterocycles. The molecule has 1 aliphatic carbocycles. The van der Waals surface area contributed by atoms with Crippen LogP contribution in [-0.4, -0.2) is 27.3 Å². The topological polar surface area (TPSA) is 57.0 Å². The summed E-state index contributed by atoms with van der Waals surface area (Å²) >= 11 is 0. The lowest BCUT2D eigenvalue weighted by molar-refractivity contribution is -0.152. The Morgan fingerprint density at radius 3 is 2.50 bits per heavy atom. The van der Waals surface area contributed by atoms with Crippen molar-refractivity contribution in [2.45, 2.75) is 71.3 Å². The van der Waals surface area contributed by atoms with Crippen LogP contribution in [0.25, 0.3) is 0 Å². The first-order chi connectivity index (χ1) is 9.53. The number of hydrogen-bond acceptors (Lipinski definition) is 4. The molecule has 1 saturated carbocycles. The van der Waals surface area contributed by atoms with Gasteiger partial charge in [0.15, 0.2) is 5.82 Å². The third kappa shape index (κ3) is 2.45. The lowest BCUT2D eigenvalue weighted by Gasteiger charge is -2.34. The fourth-order valence-electron chi connectivity index (χ4n) is 3.26. The van der Waals surface area contributed by atoms with Crippen molar-refractivity contribution in [2.24, 2.45) is 0 Å². The van der Waals surface area contributed by atoms with Gasteiger partial charge < -0.3 is 9.30 Å². The predicted octanol–water partition coefficient (Wildman–Crippen LogP) is 2.93. The summed E-state index contributed by atoms with van der Waals surface area (Å²) in [5.41, 5.74) is -0.597. The zero-order valence-electron chi connectivity index (χ0n) is 13.0. The smallest absolute Gasteiger partial charge is 0.319 e. The number of rotatable bonds is 4. The lowest BCUT2D eigenvalue weighted by Crippen LogP contribution is -2.42. The molecule has 5 nitrogen and oxygen atoms in total. The van der Waals surface area contributed by atoms with Crippen molar-refractivity contribution >= 4 is 5.97 Å². The van der Waals surface area contributed by atoms with Crippen molar-refractivity contribution in [3.63, 3.8) is 0 Å². The normalized spacial score (nSPS) is 18.2. The van der Waals surface area contributed by atoms with E-state index in [1.165, 1.54) is 6.42 Å². The second-order valence-electron chi connectivity index (χ2n) is 5.90. The molecule has 1 aromatic heterocycles. The fourth-order valence-corrected chi connectivity index (χ4v) is 3.26. The molecule has 0 amide bonds. The average molecular weight is 279 g/mol. The molecule has 0 spiro atoms. The Labute approximate surface area is 120 Å². The fraction of sp³-hybridized carbons (Fsp3) is 0.800. The highest BCUT2D eigenvalue weighted by molar-refractivity contribution is 5.82. The predicted molar refractivity (Wildman–Crippen MR) is 76.5 cm³/mol. The summed E-state index contributed by atoms with van der Waals surface area (Å²) in [5.74, 6) is 1.53.